The van der Waals surface area contributed by atoms with Crippen LogP contribution in [0.1, 0.15) is 0 Å². The Balaban J connectivity index is 0.000000490. The Morgan fingerprint density at radius 1 is 1.25 bits per heavy atom. The first-order chi connectivity index (χ1) is 3.39. The van der Waals surface area contributed by atoms with Gasteiger partial charge >= 0.3 is 18.9 Å². The van der Waals surface area contributed by atoms with Crippen molar-refractivity contribution in [3.63, 3.8) is 0 Å². The first kappa shape index (κ1) is 8.55. The van der Waals surface area contributed by atoms with Crippen LogP contribution in [0.5, 0.6) is 0 Å². The number of halogens is 1. The predicted molar refractivity (Wildman–Crippen MR) is 38.0 cm³/mol. The molecule has 1 aromatic rings. The van der Waals surface area contributed by atoms with Crippen molar-refractivity contribution >= 4 is 22.6 Å². The average Bonchev–Trinajstić information content (AvgIpc) is 1.69. The van der Waals surface area contributed by atoms with Gasteiger partial charge in [0.05, 0.1) is 0 Å². The second-order valence-corrected chi connectivity index (χ2v) is 2.46. The Hall–Kier alpha value is 0.547. The van der Waals surface area contributed by atoms with E-state index in [2.05, 4.69) is 28.7 Å². The summed E-state index contributed by atoms with van der Waals surface area (Å²) in [5, 5.41) is 0. The fourth-order valence-corrected chi connectivity index (χ4v) is 0.726. The molecule has 0 spiro atoms. The molecule has 0 unspecified atom stereocenters. The molecule has 2 heteroatoms. The maximum atomic E-state index is 2.93. The molecular weight excluding hydrogens is 206 g/mol. The molecule has 0 radical (unpaired) electrons. The van der Waals surface area contributed by atoms with E-state index in [9.17, 15) is 0 Å². The van der Waals surface area contributed by atoms with Crippen LogP contribution in [-0.2, 0) is 0 Å². The summed E-state index contributed by atoms with van der Waals surface area (Å²) in [5.74, 6) is 0. The molecule has 0 N–H and O–H groups in total. The summed E-state index contributed by atoms with van der Waals surface area (Å²) in [6.07, 6.45) is 0. The minimum atomic E-state index is 0. The zero-order valence-corrected chi connectivity index (χ0v) is 6.84. The second-order valence-electron chi connectivity index (χ2n) is 1.22. The maximum absolute atomic E-state index is 2.93. The molecule has 0 fully saturated rings. The van der Waals surface area contributed by atoms with Crippen molar-refractivity contribution in [1.82, 2.24) is 0 Å². The van der Waals surface area contributed by atoms with E-state index in [4.69, 9.17) is 0 Å². The van der Waals surface area contributed by atoms with E-state index in [1.54, 1.807) is 0 Å². The van der Waals surface area contributed by atoms with Gasteiger partial charge in [-0.1, -0.05) is 26.2 Å². The van der Waals surface area contributed by atoms with Crippen LogP contribution in [0.25, 0.3) is 0 Å². The van der Waals surface area contributed by atoms with Gasteiger partial charge in [0.25, 0.3) is 0 Å². The number of benzene rings is 1. The number of hydrogen-bond acceptors (Lipinski definition) is 0. The zero-order valence-electron chi connectivity index (χ0n) is 4.69. The Labute approximate surface area is 75.0 Å². The third-order valence-electron chi connectivity index (χ3n) is 0.678. The smallest absolute Gasteiger partial charge is 0.184 e. The van der Waals surface area contributed by atoms with Gasteiger partial charge in [-0.15, -0.1) is 0 Å². The van der Waals surface area contributed by atoms with E-state index < -0.39 is 0 Å². The standard InChI is InChI=1S/C6H4I.Li/c7-6-4-2-1-3-5-6;/h2-5H;/q-1;+1. The summed E-state index contributed by atoms with van der Waals surface area (Å²) < 4.78 is 1.26. The van der Waals surface area contributed by atoms with E-state index in [1.165, 1.54) is 3.57 Å². The van der Waals surface area contributed by atoms with Crippen LogP contribution in [-0.4, -0.2) is 0 Å². The number of rotatable bonds is 0. The van der Waals surface area contributed by atoms with Crippen molar-refractivity contribution in [3.05, 3.63) is 33.9 Å². The second kappa shape index (κ2) is 4.43. The largest absolute Gasteiger partial charge is 1.00 e. The molecule has 0 nitrogen and oxygen atoms in total. The topological polar surface area (TPSA) is 0 Å². The van der Waals surface area contributed by atoms with Gasteiger partial charge in [0.15, 0.2) is 0 Å². The fourth-order valence-electron chi connectivity index (χ4n) is 0.367. The monoisotopic (exact) mass is 210 g/mol. The van der Waals surface area contributed by atoms with Crippen molar-refractivity contribution in [2.75, 3.05) is 0 Å². The first-order valence-corrected chi connectivity index (χ1v) is 3.09. The summed E-state index contributed by atoms with van der Waals surface area (Å²) in [6, 6.07) is 10.8. The van der Waals surface area contributed by atoms with E-state index in [-0.39, 0.29) is 18.9 Å². The van der Waals surface area contributed by atoms with E-state index >= 15 is 0 Å². The van der Waals surface area contributed by atoms with Crippen LogP contribution in [0.15, 0.2) is 24.3 Å². The summed E-state index contributed by atoms with van der Waals surface area (Å²) in [4.78, 5) is 0. The average molecular weight is 210 g/mol. The minimum absolute atomic E-state index is 0. The normalized spacial score (nSPS) is 7.62. The Bertz CT molecular complexity index is 138. The van der Waals surface area contributed by atoms with Crippen LogP contribution >= 0.6 is 22.6 Å². The Kier molecular flexibility index (Phi) is 4.73. The minimum Gasteiger partial charge on any atom is -0.184 e. The van der Waals surface area contributed by atoms with Gasteiger partial charge in [0.2, 0.25) is 0 Å². The van der Waals surface area contributed by atoms with Gasteiger partial charge in [-0.3, -0.25) is 0 Å². The van der Waals surface area contributed by atoms with Crippen LogP contribution in [0.3, 0.4) is 0 Å². The first-order valence-electron chi connectivity index (χ1n) is 2.01. The van der Waals surface area contributed by atoms with Gasteiger partial charge < -0.3 is 0 Å². The van der Waals surface area contributed by atoms with Crippen LogP contribution in [0, 0.1) is 9.64 Å². The molecule has 0 heterocycles. The van der Waals surface area contributed by atoms with E-state index in [1.807, 2.05) is 24.3 Å². The molecule has 0 bridgehead atoms. The summed E-state index contributed by atoms with van der Waals surface area (Å²) in [6.45, 7) is 0. The molecule has 0 saturated carbocycles. The van der Waals surface area contributed by atoms with Gasteiger partial charge in [-0.25, -0.2) is 0 Å². The molecule has 1 aromatic carbocycles. The molecule has 36 valence electrons. The predicted octanol–water partition coefficient (Wildman–Crippen LogP) is -0.905. The molecule has 0 saturated heterocycles. The van der Waals surface area contributed by atoms with Crippen molar-refractivity contribution < 1.29 is 18.9 Å². The maximum Gasteiger partial charge on any atom is 1.00 e. The SMILES string of the molecule is Ic1cc[c-]cc1.[Li+]. The summed E-state index contributed by atoms with van der Waals surface area (Å²) in [7, 11) is 0. The molecule has 0 aliphatic rings. The molecule has 0 atom stereocenters. The Morgan fingerprint density at radius 3 is 2.00 bits per heavy atom. The number of hydrogen-bond donors (Lipinski definition) is 0. The van der Waals surface area contributed by atoms with E-state index in [0.717, 1.165) is 0 Å². The van der Waals surface area contributed by atoms with E-state index in [0.29, 0.717) is 0 Å². The van der Waals surface area contributed by atoms with Crippen LogP contribution in [0.2, 0.25) is 0 Å². The molecule has 0 amide bonds. The van der Waals surface area contributed by atoms with Gasteiger partial charge in [-0.05, 0) is 0 Å². The fraction of sp³-hybridized carbons (Fsp3) is 0. The quantitative estimate of drug-likeness (QED) is 0.295. The van der Waals surface area contributed by atoms with Crippen molar-refractivity contribution in [3.8, 4) is 0 Å². The van der Waals surface area contributed by atoms with Crippen molar-refractivity contribution in [2.45, 2.75) is 0 Å². The summed E-state index contributed by atoms with van der Waals surface area (Å²) >= 11 is 2.26. The third-order valence-corrected chi connectivity index (χ3v) is 1.40. The van der Waals surface area contributed by atoms with Gasteiger partial charge in [0.1, 0.15) is 0 Å². The molecule has 0 aliphatic carbocycles. The molecule has 0 aliphatic heterocycles. The molecule has 0 aromatic heterocycles. The summed E-state index contributed by atoms with van der Waals surface area (Å²) in [5.41, 5.74) is 0. The van der Waals surface area contributed by atoms with Crippen LogP contribution in [0.4, 0.5) is 0 Å². The van der Waals surface area contributed by atoms with Gasteiger partial charge in [0, 0.05) is 0 Å². The zero-order chi connectivity index (χ0) is 5.11. The molecular formula is C6H4ILi. The van der Waals surface area contributed by atoms with Crippen molar-refractivity contribution in [2.24, 2.45) is 0 Å². The molecule has 1 rings (SSSR count). The third kappa shape index (κ3) is 2.76. The molecule has 8 heavy (non-hydrogen) atoms. The Morgan fingerprint density at radius 2 is 1.75 bits per heavy atom. The van der Waals surface area contributed by atoms with Crippen LogP contribution < -0.4 is 18.9 Å². The van der Waals surface area contributed by atoms with Gasteiger partial charge in [-0.2, -0.15) is 30.3 Å². The van der Waals surface area contributed by atoms with Crippen molar-refractivity contribution in [1.29, 1.82) is 0 Å².